The number of carbonyl (C=O) groups excluding carboxylic acids is 2. The summed E-state index contributed by atoms with van der Waals surface area (Å²) in [7, 11) is 0. The first-order valence-corrected chi connectivity index (χ1v) is 11.3. The lowest BCUT2D eigenvalue weighted by Crippen LogP contribution is -2.24. The Morgan fingerprint density at radius 2 is 1.68 bits per heavy atom. The third kappa shape index (κ3) is 6.90. The number of benzene rings is 2. The van der Waals surface area contributed by atoms with Crippen molar-refractivity contribution in [1.29, 1.82) is 0 Å². The van der Waals surface area contributed by atoms with Crippen LogP contribution < -0.4 is 10.6 Å². The maximum atomic E-state index is 12.8. The maximum absolute atomic E-state index is 12.8. The first-order chi connectivity index (χ1) is 14.7. The van der Waals surface area contributed by atoms with Crippen LogP contribution in [0.1, 0.15) is 37.7 Å². The third-order valence-corrected chi connectivity index (χ3v) is 6.38. The van der Waals surface area contributed by atoms with Gasteiger partial charge in [-0.1, -0.05) is 30.9 Å². The Kier molecular flexibility index (Phi) is 7.89. The highest BCUT2D eigenvalue weighted by atomic mass is 35.5. The molecule has 0 spiro atoms. The Bertz CT molecular complexity index is 929. The van der Waals surface area contributed by atoms with Gasteiger partial charge in [-0.05, 0) is 55.3 Å². The van der Waals surface area contributed by atoms with Crippen LogP contribution in [-0.4, -0.2) is 17.6 Å². The van der Waals surface area contributed by atoms with Crippen LogP contribution in [-0.2, 0) is 15.8 Å². The van der Waals surface area contributed by atoms with Gasteiger partial charge in [-0.3, -0.25) is 9.59 Å². The van der Waals surface area contributed by atoms with Crippen molar-refractivity contribution < 1.29 is 22.8 Å². The second kappa shape index (κ2) is 10.4. The predicted molar refractivity (Wildman–Crippen MR) is 117 cm³/mol. The largest absolute Gasteiger partial charge is 0.416 e. The predicted octanol–water partition coefficient (Wildman–Crippen LogP) is 6.61. The van der Waals surface area contributed by atoms with E-state index in [2.05, 4.69) is 10.6 Å². The monoisotopic (exact) mass is 470 g/mol. The molecule has 1 fully saturated rings. The van der Waals surface area contributed by atoms with Crippen molar-refractivity contribution in [2.75, 3.05) is 16.4 Å². The van der Waals surface area contributed by atoms with Gasteiger partial charge in [0.15, 0.2) is 0 Å². The summed E-state index contributed by atoms with van der Waals surface area (Å²) < 4.78 is 38.5. The van der Waals surface area contributed by atoms with Crippen molar-refractivity contribution in [2.24, 2.45) is 5.92 Å². The molecule has 9 heteroatoms. The molecule has 3 rings (SSSR count). The molecule has 1 aliphatic carbocycles. The van der Waals surface area contributed by atoms with Gasteiger partial charge in [-0.15, -0.1) is 11.8 Å². The van der Waals surface area contributed by atoms with Gasteiger partial charge in [-0.2, -0.15) is 13.2 Å². The number of rotatable bonds is 6. The smallest absolute Gasteiger partial charge is 0.326 e. The lowest BCUT2D eigenvalue weighted by atomic mass is 9.88. The molecule has 2 N–H and O–H groups in total. The molecular weight excluding hydrogens is 449 g/mol. The lowest BCUT2D eigenvalue weighted by Gasteiger charge is -2.20. The third-order valence-electron chi connectivity index (χ3n) is 5.04. The highest BCUT2D eigenvalue weighted by molar-refractivity contribution is 8.00. The Morgan fingerprint density at radius 1 is 1.00 bits per heavy atom. The molecular formula is C22H22ClF3N2O2S. The van der Waals surface area contributed by atoms with Gasteiger partial charge < -0.3 is 10.6 Å². The number of amides is 2. The van der Waals surface area contributed by atoms with Crippen molar-refractivity contribution in [1.82, 2.24) is 0 Å². The molecule has 0 heterocycles. The zero-order valence-corrected chi connectivity index (χ0v) is 18.2. The lowest BCUT2D eigenvalue weighted by molar-refractivity contribution is -0.137. The Morgan fingerprint density at radius 3 is 2.32 bits per heavy atom. The molecule has 0 bridgehead atoms. The zero-order valence-electron chi connectivity index (χ0n) is 16.6. The minimum Gasteiger partial charge on any atom is -0.326 e. The summed E-state index contributed by atoms with van der Waals surface area (Å²) in [5.41, 5.74) is -0.270. The number of anilines is 2. The molecule has 2 aromatic carbocycles. The van der Waals surface area contributed by atoms with E-state index in [1.54, 1.807) is 24.3 Å². The van der Waals surface area contributed by atoms with Crippen LogP contribution in [0.2, 0.25) is 5.02 Å². The summed E-state index contributed by atoms with van der Waals surface area (Å²) in [6.45, 7) is 0. The molecule has 0 aliphatic heterocycles. The summed E-state index contributed by atoms with van der Waals surface area (Å²) in [4.78, 5) is 25.3. The number of halogens is 4. The van der Waals surface area contributed by atoms with Gasteiger partial charge in [0.25, 0.3) is 0 Å². The van der Waals surface area contributed by atoms with Crippen molar-refractivity contribution in [3.8, 4) is 0 Å². The Hall–Kier alpha value is -2.19. The van der Waals surface area contributed by atoms with Crippen LogP contribution in [0.4, 0.5) is 24.5 Å². The summed E-state index contributed by atoms with van der Waals surface area (Å²) in [6, 6.07) is 9.89. The van der Waals surface area contributed by atoms with Gasteiger partial charge in [0, 0.05) is 16.5 Å². The van der Waals surface area contributed by atoms with Gasteiger partial charge in [-0.25, -0.2) is 0 Å². The normalized spacial score (nSPS) is 14.8. The van der Waals surface area contributed by atoms with Crippen LogP contribution in [0, 0.1) is 5.92 Å². The van der Waals surface area contributed by atoms with Gasteiger partial charge >= 0.3 is 6.18 Å². The van der Waals surface area contributed by atoms with Crippen LogP contribution in [0.3, 0.4) is 0 Å². The molecule has 1 saturated carbocycles. The first kappa shape index (κ1) is 23.5. The standard InChI is InChI=1S/C22H22ClF3N2O2S/c23-18-11-6-15(22(24,25)26)12-19(18)28-20(29)13-31-17-9-7-16(8-10-17)27-21(30)14-4-2-1-3-5-14/h6-12,14H,1-5,13H2,(H,27,30)(H,28,29). The fraction of sp³-hybridized carbons (Fsp3) is 0.364. The highest BCUT2D eigenvalue weighted by Crippen LogP contribution is 2.34. The molecule has 4 nitrogen and oxygen atoms in total. The summed E-state index contributed by atoms with van der Waals surface area (Å²) in [6.07, 6.45) is 0.675. The van der Waals surface area contributed by atoms with Crippen LogP contribution >= 0.6 is 23.4 Å². The number of alkyl halides is 3. The van der Waals surface area contributed by atoms with E-state index >= 15 is 0 Å². The molecule has 31 heavy (non-hydrogen) atoms. The quantitative estimate of drug-likeness (QED) is 0.467. The van der Waals surface area contributed by atoms with E-state index in [0.717, 1.165) is 48.8 Å². The van der Waals surface area contributed by atoms with Gasteiger partial charge in [0.05, 0.1) is 22.0 Å². The molecule has 2 aromatic rings. The van der Waals surface area contributed by atoms with Crippen molar-refractivity contribution in [3.05, 3.63) is 53.1 Å². The number of nitrogens with one attached hydrogen (secondary N) is 2. The average molecular weight is 471 g/mol. The minimum absolute atomic E-state index is 0.000351. The van der Waals surface area contributed by atoms with Gasteiger partial charge in [0.2, 0.25) is 11.8 Å². The summed E-state index contributed by atoms with van der Waals surface area (Å²) in [5.74, 6) is -0.368. The second-order valence-corrected chi connectivity index (χ2v) is 8.83. The Labute approximate surface area is 187 Å². The SMILES string of the molecule is O=C(CSc1ccc(NC(=O)C2CCCCC2)cc1)Nc1cc(C(F)(F)F)ccc1Cl. The molecule has 0 radical (unpaired) electrons. The molecule has 0 unspecified atom stereocenters. The molecule has 0 saturated heterocycles. The Balaban J connectivity index is 1.51. The molecule has 2 amide bonds. The maximum Gasteiger partial charge on any atom is 0.416 e. The van der Waals surface area contributed by atoms with Crippen molar-refractivity contribution in [3.63, 3.8) is 0 Å². The second-order valence-electron chi connectivity index (χ2n) is 7.38. The van der Waals surface area contributed by atoms with E-state index in [-0.39, 0.29) is 28.3 Å². The molecule has 1 aliphatic rings. The van der Waals surface area contributed by atoms with Crippen LogP contribution in [0.15, 0.2) is 47.4 Å². The van der Waals surface area contributed by atoms with E-state index in [4.69, 9.17) is 11.6 Å². The van der Waals surface area contributed by atoms with E-state index < -0.39 is 17.6 Å². The highest BCUT2D eigenvalue weighted by Gasteiger charge is 2.31. The van der Waals surface area contributed by atoms with E-state index in [1.807, 2.05) is 0 Å². The number of hydrogen-bond donors (Lipinski definition) is 2. The van der Waals surface area contributed by atoms with Crippen molar-refractivity contribution in [2.45, 2.75) is 43.2 Å². The molecule has 166 valence electrons. The fourth-order valence-corrected chi connectivity index (χ4v) is 4.24. The molecule has 0 atom stereocenters. The van der Waals surface area contributed by atoms with E-state index in [0.29, 0.717) is 5.69 Å². The summed E-state index contributed by atoms with van der Waals surface area (Å²) in [5, 5.41) is 5.38. The van der Waals surface area contributed by atoms with Crippen LogP contribution in [0.5, 0.6) is 0 Å². The number of thioether (sulfide) groups is 1. The summed E-state index contributed by atoms with van der Waals surface area (Å²) >= 11 is 7.13. The van der Waals surface area contributed by atoms with E-state index in [1.165, 1.54) is 18.2 Å². The van der Waals surface area contributed by atoms with Gasteiger partial charge in [0.1, 0.15) is 0 Å². The fourth-order valence-electron chi connectivity index (χ4n) is 3.38. The number of hydrogen-bond acceptors (Lipinski definition) is 3. The first-order valence-electron chi connectivity index (χ1n) is 9.93. The van der Waals surface area contributed by atoms with E-state index in [9.17, 15) is 22.8 Å². The zero-order chi connectivity index (χ0) is 22.4. The van der Waals surface area contributed by atoms with Crippen LogP contribution in [0.25, 0.3) is 0 Å². The number of carbonyl (C=O) groups is 2. The molecule has 0 aromatic heterocycles. The van der Waals surface area contributed by atoms with Crippen molar-refractivity contribution >= 4 is 46.6 Å². The topological polar surface area (TPSA) is 58.2 Å². The minimum atomic E-state index is -4.52. The average Bonchev–Trinajstić information content (AvgIpc) is 2.74.